The predicted molar refractivity (Wildman–Crippen MR) is 57.3 cm³/mol. The van der Waals surface area contributed by atoms with Gasteiger partial charge in [-0.3, -0.25) is 19.8 Å². The number of amides is 4. The van der Waals surface area contributed by atoms with Crippen LogP contribution in [0.1, 0.15) is 27.2 Å². The quantitative estimate of drug-likeness (QED) is 0.654. The zero-order valence-corrected chi connectivity index (χ0v) is 9.74. The van der Waals surface area contributed by atoms with Gasteiger partial charge < -0.3 is 5.73 Å². The molecular weight excluding hydrogens is 210 g/mol. The number of carbonyl (C=O) groups excluding carboxylic acids is 3. The summed E-state index contributed by atoms with van der Waals surface area (Å²) in [4.78, 5) is 36.3. The van der Waals surface area contributed by atoms with Crippen LogP contribution in [0, 0.1) is 5.41 Å². The summed E-state index contributed by atoms with van der Waals surface area (Å²) in [5.74, 6) is -1.04. The van der Waals surface area contributed by atoms with Gasteiger partial charge in [0.15, 0.2) is 0 Å². The molecule has 1 aliphatic heterocycles. The van der Waals surface area contributed by atoms with E-state index in [0.29, 0.717) is 0 Å². The zero-order valence-electron chi connectivity index (χ0n) is 9.74. The van der Waals surface area contributed by atoms with E-state index in [1.54, 1.807) is 13.8 Å². The summed E-state index contributed by atoms with van der Waals surface area (Å²) >= 11 is 0. The Morgan fingerprint density at radius 3 is 2.38 bits per heavy atom. The van der Waals surface area contributed by atoms with Crippen LogP contribution in [0.4, 0.5) is 4.79 Å². The van der Waals surface area contributed by atoms with Crippen LogP contribution in [-0.4, -0.2) is 35.3 Å². The SMILES string of the molecule is CC(C)N1C(=O)NC(=O)C(C)(CCN)C1=O. The van der Waals surface area contributed by atoms with Gasteiger partial charge in [0.25, 0.3) is 0 Å². The maximum Gasteiger partial charge on any atom is 0.331 e. The van der Waals surface area contributed by atoms with Crippen molar-refractivity contribution in [3.05, 3.63) is 0 Å². The molecule has 1 rings (SSSR count). The molecule has 1 aliphatic rings. The number of barbiturate groups is 1. The summed E-state index contributed by atoms with van der Waals surface area (Å²) in [5, 5.41) is 2.19. The minimum atomic E-state index is -1.23. The Bertz CT molecular complexity index is 340. The Balaban J connectivity index is 3.08. The van der Waals surface area contributed by atoms with Crippen molar-refractivity contribution >= 4 is 17.8 Å². The van der Waals surface area contributed by atoms with Gasteiger partial charge >= 0.3 is 6.03 Å². The fourth-order valence-corrected chi connectivity index (χ4v) is 1.73. The minimum absolute atomic E-state index is 0.218. The standard InChI is InChI=1S/C10H17N3O3/c1-6(2)13-8(15)10(3,4-5-11)7(14)12-9(13)16/h6H,4-5,11H2,1-3H3,(H,12,14,16). The van der Waals surface area contributed by atoms with Gasteiger partial charge in [0.1, 0.15) is 5.41 Å². The maximum atomic E-state index is 12.1. The first kappa shape index (κ1) is 12.6. The van der Waals surface area contributed by atoms with Crippen molar-refractivity contribution in [2.45, 2.75) is 33.2 Å². The normalized spacial score (nSPS) is 26.3. The molecule has 0 aliphatic carbocycles. The van der Waals surface area contributed by atoms with E-state index in [9.17, 15) is 14.4 Å². The molecule has 1 fully saturated rings. The second-order valence-electron chi connectivity index (χ2n) is 4.40. The van der Waals surface area contributed by atoms with E-state index in [-0.39, 0.29) is 19.0 Å². The number of hydrogen-bond donors (Lipinski definition) is 2. The van der Waals surface area contributed by atoms with Crippen LogP contribution >= 0.6 is 0 Å². The fraction of sp³-hybridized carbons (Fsp3) is 0.700. The molecule has 16 heavy (non-hydrogen) atoms. The molecule has 1 atom stereocenters. The summed E-state index contributed by atoms with van der Waals surface area (Å²) in [5.41, 5.74) is 4.16. The number of nitrogens with two attached hydrogens (primary N) is 1. The van der Waals surface area contributed by atoms with Crippen molar-refractivity contribution in [2.24, 2.45) is 11.1 Å². The van der Waals surface area contributed by atoms with Crippen molar-refractivity contribution in [1.29, 1.82) is 0 Å². The number of rotatable bonds is 3. The molecular formula is C10H17N3O3. The molecule has 0 spiro atoms. The molecule has 0 aromatic carbocycles. The van der Waals surface area contributed by atoms with Crippen molar-refractivity contribution < 1.29 is 14.4 Å². The lowest BCUT2D eigenvalue weighted by Crippen LogP contribution is -2.64. The number of carbonyl (C=O) groups is 3. The highest BCUT2D eigenvalue weighted by molar-refractivity contribution is 6.19. The molecule has 3 N–H and O–H groups in total. The van der Waals surface area contributed by atoms with Crippen LogP contribution in [0.15, 0.2) is 0 Å². The summed E-state index contributed by atoms with van der Waals surface area (Å²) in [6.45, 7) is 5.17. The van der Waals surface area contributed by atoms with Crippen LogP contribution < -0.4 is 11.1 Å². The molecule has 0 radical (unpaired) electrons. The summed E-state index contributed by atoms with van der Waals surface area (Å²) in [6.07, 6.45) is 0.230. The van der Waals surface area contributed by atoms with Crippen molar-refractivity contribution in [1.82, 2.24) is 10.2 Å². The Kier molecular flexibility index (Phi) is 3.32. The van der Waals surface area contributed by atoms with Crippen LogP contribution in [0.3, 0.4) is 0 Å². The van der Waals surface area contributed by atoms with Crippen molar-refractivity contribution in [2.75, 3.05) is 6.54 Å². The third-order valence-electron chi connectivity index (χ3n) is 2.79. The maximum absolute atomic E-state index is 12.1. The molecule has 6 nitrogen and oxygen atoms in total. The summed E-state index contributed by atoms with van der Waals surface area (Å²) in [7, 11) is 0. The minimum Gasteiger partial charge on any atom is -0.330 e. The molecule has 0 bridgehead atoms. The first-order chi connectivity index (χ1) is 7.34. The lowest BCUT2D eigenvalue weighted by atomic mass is 9.82. The molecule has 1 heterocycles. The predicted octanol–water partition coefficient (Wildman–Crippen LogP) is -0.172. The van der Waals surface area contributed by atoms with Gasteiger partial charge in [-0.2, -0.15) is 0 Å². The monoisotopic (exact) mass is 227 g/mol. The zero-order chi connectivity index (χ0) is 12.5. The van der Waals surface area contributed by atoms with E-state index in [1.165, 1.54) is 6.92 Å². The third-order valence-corrected chi connectivity index (χ3v) is 2.79. The average Bonchev–Trinajstić information content (AvgIpc) is 2.15. The Morgan fingerprint density at radius 2 is 1.94 bits per heavy atom. The van der Waals surface area contributed by atoms with E-state index < -0.39 is 23.3 Å². The van der Waals surface area contributed by atoms with E-state index in [1.807, 2.05) is 0 Å². The van der Waals surface area contributed by atoms with Gasteiger partial charge in [-0.15, -0.1) is 0 Å². The first-order valence-corrected chi connectivity index (χ1v) is 5.23. The van der Waals surface area contributed by atoms with Crippen molar-refractivity contribution in [3.63, 3.8) is 0 Å². The second-order valence-corrected chi connectivity index (χ2v) is 4.40. The Hall–Kier alpha value is -1.43. The molecule has 0 aromatic heterocycles. The van der Waals surface area contributed by atoms with Crippen LogP contribution in [0.2, 0.25) is 0 Å². The highest BCUT2D eigenvalue weighted by Crippen LogP contribution is 2.28. The lowest BCUT2D eigenvalue weighted by molar-refractivity contribution is -0.151. The van der Waals surface area contributed by atoms with Gasteiger partial charge in [0.2, 0.25) is 11.8 Å². The second kappa shape index (κ2) is 4.21. The van der Waals surface area contributed by atoms with Gasteiger partial charge in [-0.05, 0) is 33.7 Å². The summed E-state index contributed by atoms with van der Waals surface area (Å²) < 4.78 is 0. The van der Waals surface area contributed by atoms with Crippen molar-refractivity contribution in [3.8, 4) is 0 Å². The highest BCUT2D eigenvalue weighted by Gasteiger charge is 2.50. The number of nitrogens with one attached hydrogen (secondary N) is 1. The molecule has 1 saturated heterocycles. The van der Waals surface area contributed by atoms with Gasteiger partial charge in [-0.1, -0.05) is 0 Å². The molecule has 4 amide bonds. The number of imide groups is 2. The van der Waals surface area contributed by atoms with E-state index in [0.717, 1.165) is 4.90 Å². The van der Waals surface area contributed by atoms with E-state index in [4.69, 9.17) is 5.73 Å². The summed E-state index contributed by atoms with van der Waals surface area (Å²) in [6, 6.07) is -0.933. The highest BCUT2D eigenvalue weighted by atomic mass is 16.2. The fourth-order valence-electron chi connectivity index (χ4n) is 1.73. The number of urea groups is 1. The molecule has 0 saturated carbocycles. The van der Waals surface area contributed by atoms with E-state index >= 15 is 0 Å². The number of hydrogen-bond acceptors (Lipinski definition) is 4. The van der Waals surface area contributed by atoms with Crippen LogP contribution in [-0.2, 0) is 9.59 Å². The lowest BCUT2D eigenvalue weighted by Gasteiger charge is -2.38. The topological polar surface area (TPSA) is 92.5 Å². The molecule has 0 aromatic rings. The van der Waals surface area contributed by atoms with Crippen LogP contribution in [0.5, 0.6) is 0 Å². The Labute approximate surface area is 94.2 Å². The van der Waals surface area contributed by atoms with Crippen LogP contribution in [0.25, 0.3) is 0 Å². The molecule has 90 valence electrons. The molecule has 6 heteroatoms. The average molecular weight is 227 g/mol. The first-order valence-electron chi connectivity index (χ1n) is 5.23. The van der Waals surface area contributed by atoms with Gasteiger partial charge in [0.05, 0.1) is 0 Å². The van der Waals surface area contributed by atoms with E-state index in [2.05, 4.69) is 5.32 Å². The number of nitrogens with zero attached hydrogens (tertiary/aromatic N) is 1. The largest absolute Gasteiger partial charge is 0.331 e. The van der Waals surface area contributed by atoms with Gasteiger partial charge in [0, 0.05) is 6.04 Å². The Morgan fingerprint density at radius 1 is 1.38 bits per heavy atom. The molecule has 1 unspecified atom stereocenters. The smallest absolute Gasteiger partial charge is 0.330 e. The van der Waals surface area contributed by atoms with Gasteiger partial charge in [-0.25, -0.2) is 4.79 Å². The third kappa shape index (κ3) is 1.80.